The van der Waals surface area contributed by atoms with Crippen molar-refractivity contribution in [1.82, 2.24) is 15.0 Å². The molecule has 0 spiro atoms. The summed E-state index contributed by atoms with van der Waals surface area (Å²) in [6, 6.07) is 17.1. The predicted octanol–water partition coefficient (Wildman–Crippen LogP) is 5.77. The van der Waals surface area contributed by atoms with Gasteiger partial charge < -0.3 is 15.5 Å². The first-order chi connectivity index (χ1) is 15.8. The van der Waals surface area contributed by atoms with E-state index in [1.165, 1.54) is 6.20 Å². The molecule has 0 saturated heterocycles. The minimum absolute atomic E-state index is 0.0115. The van der Waals surface area contributed by atoms with Crippen LogP contribution in [0.15, 0.2) is 60.8 Å². The van der Waals surface area contributed by atoms with Crippen molar-refractivity contribution in [1.29, 1.82) is 0 Å². The number of rotatable bonds is 6. The first-order valence-corrected chi connectivity index (χ1v) is 11.7. The number of fused-ring (bicyclic) bond motifs is 1. The third-order valence-electron chi connectivity index (χ3n) is 5.06. The number of hydrogen-bond donors (Lipinski definition) is 2. The molecule has 0 saturated carbocycles. The Morgan fingerprint density at radius 3 is 2.48 bits per heavy atom. The van der Waals surface area contributed by atoms with E-state index in [4.69, 9.17) is 16.6 Å². The van der Waals surface area contributed by atoms with Crippen LogP contribution in [0.3, 0.4) is 0 Å². The van der Waals surface area contributed by atoms with Crippen molar-refractivity contribution in [3.63, 3.8) is 0 Å². The average molecular weight is 573 g/mol. The summed E-state index contributed by atoms with van der Waals surface area (Å²) in [5, 5.41) is 7.71. The summed E-state index contributed by atoms with van der Waals surface area (Å²) in [4.78, 5) is 27.6. The monoisotopic (exact) mass is 572 g/mol. The summed E-state index contributed by atoms with van der Waals surface area (Å²) >= 11 is 8.07. The molecular formula is C24H22ClIN6O. The summed E-state index contributed by atoms with van der Waals surface area (Å²) in [5.41, 5.74) is 3.10. The molecule has 0 radical (unpaired) electrons. The van der Waals surface area contributed by atoms with E-state index in [1.807, 2.05) is 61.5 Å². The molecule has 1 atom stereocenters. The number of carbonyl (C=O) groups excluding carboxylic acids is 1. The van der Waals surface area contributed by atoms with Crippen LogP contribution in [0.5, 0.6) is 0 Å². The molecule has 2 aromatic carbocycles. The van der Waals surface area contributed by atoms with Crippen LogP contribution in [-0.4, -0.2) is 35.0 Å². The molecule has 4 rings (SSSR count). The maximum Gasteiger partial charge on any atom is 0.257 e. The minimum atomic E-state index is -0.239. The van der Waals surface area contributed by atoms with Gasteiger partial charge in [-0.2, -0.15) is 4.98 Å². The molecule has 2 heterocycles. The number of pyridine rings is 1. The van der Waals surface area contributed by atoms with Crippen molar-refractivity contribution < 1.29 is 4.79 Å². The zero-order valence-corrected chi connectivity index (χ0v) is 21.2. The lowest BCUT2D eigenvalue weighted by atomic mass is 10.1. The molecule has 2 N–H and O–H groups in total. The van der Waals surface area contributed by atoms with Crippen LogP contribution in [0.25, 0.3) is 10.9 Å². The number of amides is 1. The Balaban J connectivity index is 1.52. The zero-order chi connectivity index (χ0) is 23.5. The van der Waals surface area contributed by atoms with Gasteiger partial charge >= 0.3 is 0 Å². The Morgan fingerprint density at radius 1 is 1.06 bits per heavy atom. The number of carbonyl (C=O) groups is 1. The normalized spacial score (nSPS) is 11.8. The molecule has 0 aliphatic carbocycles. The highest BCUT2D eigenvalue weighted by atomic mass is 127. The third kappa shape index (κ3) is 5.51. The number of hydrogen-bond acceptors (Lipinski definition) is 6. The second kappa shape index (κ2) is 9.88. The van der Waals surface area contributed by atoms with Gasteiger partial charge in [-0.3, -0.25) is 4.79 Å². The van der Waals surface area contributed by atoms with Crippen LogP contribution >= 0.6 is 34.2 Å². The van der Waals surface area contributed by atoms with Crippen molar-refractivity contribution in [3.8, 4) is 0 Å². The quantitative estimate of drug-likeness (QED) is 0.225. The fourth-order valence-corrected chi connectivity index (χ4v) is 3.84. The third-order valence-corrected chi connectivity index (χ3v) is 5.95. The molecule has 0 aliphatic rings. The molecule has 4 aromatic rings. The number of halogens is 2. The predicted molar refractivity (Wildman–Crippen MR) is 142 cm³/mol. The van der Waals surface area contributed by atoms with Gasteiger partial charge in [0, 0.05) is 41.0 Å². The Kier molecular flexibility index (Phi) is 6.94. The Hall–Kier alpha value is -2.98. The van der Waals surface area contributed by atoms with Crippen molar-refractivity contribution in [2.75, 3.05) is 29.6 Å². The molecule has 0 bridgehead atoms. The largest absolute Gasteiger partial charge is 0.363 e. The van der Waals surface area contributed by atoms with Crippen LogP contribution in [-0.2, 0) is 0 Å². The highest BCUT2D eigenvalue weighted by Crippen LogP contribution is 2.28. The molecular weight excluding hydrogens is 551 g/mol. The number of nitrogens with zero attached hydrogens (tertiary/aromatic N) is 4. The Morgan fingerprint density at radius 2 is 1.82 bits per heavy atom. The molecule has 0 unspecified atom stereocenters. The average Bonchev–Trinajstić information content (AvgIpc) is 2.79. The first kappa shape index (κ1) is 23.2. The minimum Gasteiger partial charge on any atom is -0.363 e. The van der Waals surface area contributed by atoms with Gasteiger partial charge in [0.05, 0.1) is 11.1 Å². The van der Waals surface area contributed by atoms with Crippen molar-refractivity contribution in [2.45, 2.75) is 13.0 Å². The fraction of sp³-hybridized carbons (Fsp3) is 0.167. The maximum atomic E-state index is 12.4. The van der Waals surface area contributed by atoms with Gasteiger partial charge in [-0.1, -0.05) is 23.7 Å². The van der Waals surface area contributed by atoms with E-state index in [-0.39, 0.29) is 11.9 Å². The number of anilines is 3. The van der Waals surface area contributed by atoms with E-state index < -0.39 is 0 Å². The molecule has 9 heteroatoms. The van der Waals surface area contributed by atoms with Gasteiger partial charge in [-0.15, -0.1) is 0 Å². The Bertz CT molecular complexity index is 1300. The number of benzene rings is 2. The summed E-state index contributed by atoms with van der Waals surface area (Å²) in [7, 11) is 3.85. The SMILES string of the molecule is C[C@H](Nc1nc(N(C)C)nc2cc(I)ccc12)c1ccc(NC(=O)c2ccc(Cl)nc2)cc1. The van der Waals surface area contributed by atoms with E-state index in [2.05, 4.69) is 50.1 Å². The van der Waals surface area contributed by atoms with Gasteiger partial charge in [0.25, 0.3) is 5.91 Å². The molecule has 7 nitrogen and oxygen atoms in total. The van der Waals surface area contributed by atoms with Gasteiger partial charge in [0.15, 0.2) is 0 Å². The van der Waals surface area contributed by atoms with Crippen LogP contribution < -0.4 is 15.5 Å². The lowest BCUT2D eigenvalue weighted by Crippen LogP contribution is -2.16. The molecule has 0 fully saturated rings. The first-order valence-electron chi connectivity index (χ1n) is 10.2. The van der Waals surface area contributed by atoms with Crippen molar-refractivity contribution in [2.24, 2.45) is 0 Å². The standard InChI is InChI=1S/C24H22ClIN6O/c1-14(28-22-19-10-7-17(26)12-20(19)30-24(31-22)32(2)3)15-4-8-18(9-5-15)29-23(33)16-6-11-21(25)27-13-16/h4-14H,1-3H3,(H,29,33)(H,28,30,31)/t14-/m0/s1. The van der Waals surface area contributed by atoms with Crippen LogP contribution in [0.1, 0.15) is 28.9 Å². The zero-order valence-electron chi connectivity index (χ0n) is 18.3. The van der Waals surface area contributed by atoms with E-state index in [1.54, 1.807) is 12.1 Å². The topological polar surface area (TPSA) is 83.0 Å². The van der Waals surface area contributed by atoms with Crippen molar-refractivity contribution in [3.05, 3.63) is 80.6 Å². The molecule has 2 aromatic heterocycles. The fourth-order valence-electron chi connectivity index (χ4n) is 3.26. The highest BCUT2D eigenvalue weighted by Gasteiger charge is 2.14. The van der Waals surface area contributed by atoms with Gasteiger partial charge in [0.1, 0.15) is 11.0 Å². The van der Waals surface area contributed by atoms with E-state index in [0.717, 1.165) is 25.9 Å². The van der Waals surface area contributed by atoms with Crippen molar-refractivity contribution >= 4 is 68.5 Å². The summed E-state index contributed by atoms with van der Waals surface area (Å²) < 4.78 is 1.12. The lowest BCUT2D eigenvalue weighted by Gasteiger charge is -2.19. The molecule has 1 amide bonds. The summed E-state index contributed by atoms with van der Waals surface area (Å²) in [5.74, 6) is 1.19. The highest BCUT2D eigenvalue weighted by molar-refractivity contribution is 14.1. The second-order valence-electron chi connectivity index (χ2n) is 7.74. The number of nitrogens with one attached hydrogen (secondary N) is 2. The maximum absolute atomic E-state index is 12.4. The molecule has 33 heavy (non-hydrogen) atoms. The lowest BCUT2D eigenvalue weighted by molar-refractivity contribution is 0.102. The smallest absolute Gasteiger partial charge is 0.257 e. The van der Waals surface area contributed by atoms with E-state index in [0.29, 0.717) is 22.4 Å². The Labute approximate surface area is 210 Å². The van der Waals surface area contributed by atoms with E-state index in [9.17, 15) is 4.79 Å². The van der Waals surface area contributed by atoms with Crippen LogP contribution in [0.4, 0.5) is 17.5 Å². The van der Waals surface area contributed by atoms with E-state index >= 15 is 0 Å². The number of aromatic nitrogens is 3. The van der Waals surface area contributed by atoms with Gasteiger partial charge in [-0.05, 0) is 77.5 Å². The summed E-state index contributed by atoms with van der Waals surface area (Å²) in [6.45, 7) is 2.07. The van der Waals surface area contributed by atoms with Crippen LogP contribution in [0.2, 0.25) is 5.15 Å². The molecule has 168 valence electrons. The summed E-state index contributed by atoms with van der Waals surface area (Å²) in [6.07, 6.45) is 1.45. The van der Waals surface area contributed by atoms with Gasteiger partial charge in [0.2, 0.25) is 5.95 Å². The second-order valence-corrected chi connectivity index (χ2v) is 9.37. The van der Waals surface area contributed by atoms with Gasteiger partial charge in [-0.25, -0.2) is 9.97 Å². The van der Waals surface area contributed by atoms with Crippen LogP contribution in [0, 0.1) is 3.57 Å². The molecule has 0 aliphatic heterocycles.